The molecule has 1 aromatic rings. The Morgan fingerprint density at radius 1 is 1.14 bits per heavy atom. The molecular formula is C15H28N4O2S. The van der Waals surface area contributed by atoms with E-state index in [1.165, 1.54) is 34.8 Å². The number of hydrogen-bond acceptors (Lipinski definition) is 4. The van der Waals surface area contributed by atoms with Crippen molar-refractivity contribution >= 4 is 10.0 Å². The van der Waals surface area contributed by atoms with Gasteiger partial charge in [0.15, 0.2) is 0 Å². The second kappa shape index (κ2) is 7.57. The van der Waals surface area contributed by atoms with Gasteiger partial charge in [-0.1, -0.05) is 6.42 Å². The molecule has 0 aromatic carbocycles. The zero-order valence-corrected chi connectivity index (χ0v) is 14.7. The normalized spacial score (nSPS) is 16.0. The van der Waals surface area contributed by atoms with Crippen molar-refractivity contribution < 1.29 is 8.42 Å². The Kier molecular flexibility index (Phi) is 6.00. The molecule has 0 fully saturated rings. The summed E-state index contributed by atoms with van der Waals surface area (Å²) in [6.45, 7) is 1.54. The van der Waals surface area contributed by atoms with Crippen molar-refractivity contribution in [3.05, 3.63) is 17.0 Å². The predicted molar refractivity (Wildman–Crippen MR) is 88.3 cm³/mol. The van der Waals surface area contributed by atoms with E-state index in [0.717, 1.165) is 31.6 Å². The molecule has 0 saturated carbocycles. The van der Waals surface area contributed by atoms with Gasteiger partial charge >= 0.3 is 0 Å². The highest BCUT2D eigenvalue weighted by atomic mass is 32.2. The summed E-state index contributed by atoms with van der Waals surface area (Å²) in [7, 11) is 2.10. The number of aromatic nitrogens is 2. The fraction of sp³-hybridized carbons (Fsp3) is 0.800. The van der Waals surface area contributed by atoms with Gasteiger partial charge in [-0.05, 0) is 51.3 Å². The minimum Gasteiger partial charge on any atom is -0.300 e. The first-order valence-electron chi connectivity index (χ1n) is 8.04. The molecule has 0 spiro atoms. The van der Waals surface area contributed by atoms with Gasteiger partial charge < -0.3 is 4.90 Å². The third-order valence-electron chi connectivity index (χ3n) is 4.31. The summed E-state index contributed by atoms with van der Waals surface area (Å²) in [5.41, 5.74) is 3.83. The maximum Gasteiger partial charge on any atom is 0.213 e. The molecule has 1 aliphatic rings. The van der Waals surface area contributed by atoms with Crippen LogP contribution in [-0.2, 0) is 29.4 Å². The SMILES string of the molecule is CN(CCCS(=O)(=O)N(C)C)Cc1n[nH]c2c1CCCCC2. The van der Waals surface area contributed by atoms with E-state index in [4.69, 9.17) is 0 Å². The van der Waals surface area contributed by atoms with Crippen molar-refractivity contribution in [1.82, 2.24) is 19.4 Å². The van der Waals surface area contributed by atoms with Gasteiger partial charge in [-0.2, -0.15) is 5.10 Å². The Morgan fingerprint density at radius 2 is 1.86 bits per heavy atom. The standard InChI is InChI=1S/C15H28N4O2S/c1-18(2)22(20,21)11-7-10-19(3)12-15-13-8-5-4-6-9-14(13)16-17-15/h4-12H2,1-3H3,(H,16,17). The van der Waals surface area contributed by atoms with Crippen LogP contribution in [0.25, 0.3) is 0 Å². The highest BCUT2D eigenvalue weighted by Gasteiger charge is 2.17. The number of H-pyrrole nitrogens is 1. The van der Waals surface area contributed by atoms with E-state index in [-0.39, 0.29) is 5.75 Å². The molecule has 0 aliphatic heterocycles. The Morgan fingerprint density at radius 3 is 2.59 bits per heavy atom. The van der Waals surface area contributed by atoms with Crippen LogP contribution in [0.3, 0.4) is 0 Å². The predicted octanol–water partition coefficient (Wildman–Crippen LogP) is 1.39. The second-order valence-electron chi connectivity index (χ2n) is 6.38. The van der Waals surface area contributed by atoms with E-state index in [1.54, 1.807) is 14.1 Å². The molecule has 1 N–H and O–H groups in total. The Hall–Kier alpha value is -0.920. The summed E-state index contributed by atoms with van der Waals surface area (Å²) >= 11 is 0. The molecule has 0 amide bonds. The number of hydrogen-bond donors (Lipinski definition) is 1. The fourth-order valence-electron chi connectivity index (χ4n) is 2.89. The lowest BCUT2D eigenvalue weighted by molar-refractivity contribution is 0.322. The molecule has 0 unspecified atom stereocenters. The molecule has 6 nitrogen and oxygen atoms in total. The van der Waals surface area contributed by atoms with Gasteiger partial charge in [-0.15, -0.1) is 0 Å². The van der Waals surface area contributed by atoms with Gasteiger partial charge in [0.2, 0.25) is 10.0 Å². The Labute approximate surface area is 133 Å². The smallest absolute Gasteiger partial charge is 0.213 e. The zero-order valence-electron chi connectivity index (χ0n) is 13.9. The molecule has 0 atom stereocenters. The molecule has 22 heavy (non-hydrogen) atoms. The van der Waals surface area contributed by atoms with Gasteiger partial charge in [0, 0.05) is 26.3 Å². The lowest BCUT2D eigenvalue weighted by Crippen LogP contribution is -2.28. The molecule has 1 aromatic heterocycles. The highest BCUT2D eigenvalue weighted by Crippen LogP contribution is 2.22. The molecular weight excluding hydrogens is 300 g/mol. The summed E-state index contributed by atoms with van der Waals surface area (Å²) < 4.78 is 24.8. The maximum atomic E-state index is 11.7. The monoisotopic (exact) mass is 328 g/mol. The van der Waals surface area contributed by atoms with E-state index in [9.17, 15) is 8.42 Å². The molecule has 2 rings (SSSR count). The van der Waals surface area contributed by atoms with Crippen LogP contribution in [0.4, 0.5) is 0 Å². The first kappa shape index (κ1) is 17.4. The van der Waals surface area contributed by atoms with Crippen LogP contribution in [-0.4, -0.2) is 61.3 Å². The van der Waals surface area contributed by atoms with Gasteiger partial charge in [-0.3, -0.25) is 5.10 Å². The van der Waals surface area contributed by atoms with Crippen molar-refractivity contribution in [3.8, 4) is 0 Å². The van der Waals surface area contributed by atoms with Crippen LogP contribution in [0, 0.1) is 0 Å². The number of aryl methyl sites for hydroxylation is 1. The second-order valence-corrected chi connectivity index (χ2v) is 8.68. The fourth-order valence-corrected chi connectivity index (χ4v) is 3.75. The lowest BCUT2D eigenvalue weighted by atomic mass is 10.1. The highest BCUT2D eigenvalue weighted by molar-refractivity contribution is 7.89. The van der Waals surface area contributed by atoms with Crippen LogP contribution in [0.1, 0.15) is 42.6 Å². The number of nitrogens with zero attached hydrogens (tertiary/aromatic N) is 3. The molecule has 0 radical (unpaired) electrons. The maximum absolute atomic E-state index is 11.7. The average Bonchev–Trinajstić information content (AvgIpc) is 2.68. The molecule has 1 aliphatic carbocycles. The summed E-state index contributed by atoms with van der Waals surface area (Å²) in [5, 5.41) is 7.66. The largest absolute Gasteiger partial charge is 0.300 e. The summed E-state index contributed by atoms with van der Waals surface area (Å²) in [4.78, 5) is 2.16. The zero-order chi connectivity index (χ0) is 16.2. The minimum absolute atomic E-state index is 0.197. The lowest BCUT2D eigenvalue weighted by Gasteiger charge is -2.17. The van der Waals surface area contributed by atoms with Crippen molar-refractivity contribution in [3.63, 3.8) is 0 Å². The van der Waals surface area contributed by atoms with Crippen molar-refractivity contribution in [1.29, 1.82) is 0 Å². The number of fused-ring (bicyclic) bond motifs is 1. The third-order valence-corrected chi connectivity index (χ3v) is 6.23. The third kappa shape index (κ3) is 4.54. The van der Waals surface area contributed by atoms with E-state index >= 15 is 0 Å². The van der Waals surface area contributed by atoms with Gasteiger partial charge in [-0.25, -0.2) is 12.7 Å². The first-order chi connectivity index (χ1) is 10.4. The Balaban J connectivity index is 1.85. The van der Waals surface area contributed by atoms with Gasteiger partial charge in [0.1, 0.15) is 0 Å². The summed E-state index contributed by atoms with van der Waals surface area (Å²) in [5.74, 6) is 0.197. The topological polar surface area (TPSA) is 69.3 Å². The van der Waals surface area contributed by atoms with Crippen molar-refractivity contribution in [2.75, 3.05) is 33.4 Å². The summed E-state index contributed by atoms with van der Waals surface area (Å²) in [6, 6.07) is 0. The number of nitrogens with one attached hydrogen (secondary N) is 1. The van der Waals surface area contributed by atoms with E-state index < -0.39 is 10.0 Å². The van der Waals surface area contributed by atoms with Crippen molar-refractivity contribution in [2.24, 2.45) is 0 Å². The van der Waals surface area contributed by atoms with Crippen LogP contribution < -0.4 is 0 Å². The van der Waals surface area contributed by atoms with Crippen LogP contribution in [0.5, 0.6) is 0 Å². The van der Waals surface area contributed by atoms with Gasteiger partial charge in [0.05, 0.1) is 11.4 Å². The summed E-state index contributed by atoms with van der Waals surface area (Å²) in [6.07, 6.45) is 6.64. The Bertz CT molecular complexity index is 580. The van der Waals surface area contributed by atoms with Crippen LogP contribution >= 0.6 is 0 Å². The number of rotatable bonds is 7. The molecule has 1 heterocycles. The molecule has 0 saturated heterocycles. The number of sulfonamides is 1. The minimum atomic E-state index is -3.09. The van der Waals surface area contributed by atoms with E-state index in [2.05, 4.69) is 15.1 Å². The van der Waals surface area contributed by atoms with E-state index in [1.807, 2.05) is 7.05 Å². The first-order valence-corrected chi connectivity index (χ1v) is 9.65. The quantitative estimate of drug-likeness (QED) is 0.768. The van der Waals surface area contributed by atoms with Crippen molar-refractivity contribution in [2.45, 2.75) is 45.1 Å². The van der Waals surface area contributed by atoms with Crippen LogP contribution in [0.15, 0.2) is 0 Å². The molecule has 7 heteroatoms. The average molecular weight is 328 g/mol. The number of aromatic amines is 1. The molecule has 0 bridgehead atoms. The van der Waals surface area contributed by atoms with Crippen LogP contribution in [0.2, 0.25) is 0 Å². The van der Waals surface area contributed by atoms with Gasteiger partial charge in [0.25, 0.3) is 0 Å². The van der Waals surface area contributed by atoms with E-state index in [0.29, 0.717) is 6.42 Å². The molecule has 126 valence electrons.